The highest BCUT2D eigenvalue weighted by atomic mass is 16.5. The largest absolute Gasteiger partial charge is 0.484 e. The van der Waals surface area contributed by atoms with Crippen molar-refractivity contribution in [1.29, 1.82) is 0 Å². The van der Waals surface area contributed by atoms with E-state index in [0.29, 0.717) is 28.4 Å². The van der Waals surface area contributed by atoms with Crippen LogP contribution >= 0.6 is 0 Å². The second kappa shape index (κ2) is 6.91. The molecule has 8 heteroatoms. The average molecular weight is 341 g/mol. The number of amides is 3. The second-order valence-corrected chi connectivity index (χ2v) is 5.27. The molecule has 3 rings (SSSR count). The molecule has 0 radical (unpaired) electrons. The monoisotopic (exact) mass is 341 g/mol. The van der Waals surface area contributed by atoms with Gasteiger partial charge in [0.25, 0.3) is 11.8 Å². The Hall–Kier alpha value is -3.55. The van der Waals surface area contributed by atoms with Crippen LogP contribution in [0.2, 0.25) is 0 Å². The molecular weight excluding hydrogens is 326 g/mol. The van der Waals surface area contributed by atoms with E-state index in [4.69, 9.17) is 15.2 Å². The number of fused-ring (bicyclic) bond motifs is 1. The number of hydrogen-bond acceptors (Lipinski definition) is 5. The van der Waals surface area contributed by atoms with Gasteiger partial charge in [0, 0.05) is 17.3 Å². The summed E-state index contributed by atoms with van der Waals surface area (Å²) in [5, 5.41) is 5.31. The topological polar surface area (TPSA) is 120 Å². The maximum Gasteiger partial charge on any atom is 0.262 e. The summed E-state index contributed by atoms with van der Waals surface area (Å²) in [6, 6.07) is 11.1. The van der Waals surface area contributed by atoms with Crippen molar-refractivity contribution in [1.82, 2.24) is 0 Å². The van der Waals surface area contributed by atoms with Crippen LogP contribution in [0.5, 0.6) is 11.5 Å². The van der Waals surface area contributed by atoms with Gasteiger partial charge in [-0.25, -0.2) is 0 Å². The van der Waals surface area contributed by atoms with Crippen molar-refractivity contribution in [2.24, 2.45) is 5.73 Å². The molecule has 0 unspecified atom stereocenters. The maximum atomic E-state index is 11.9. The molecule has 128 valence electrons. The van der Waals surface area contributed by atoms with Crippen LogP contribution in [-0.4, -0.2) is 30.9 Å². The van der Waals surface area contributed by atoms with E-state index >= 15 is 0 Å². The Morgan fingerprint density at radius 1 is 1.20 bits per heavy atom. The molecule has 4 N–H and O–H groups in total. The number of carbonyl (C=O) groups excluding carboxylic acids is 3. The zero-order valence-corrected chi connectivity index (χ0v) is 13.1. The van der Waals surface area contributed by atoms with Gasteiger partial charge in [-0.3, -0.25) is 14.4 Å². The van der Waals surface area contributed by atoms with Crippen molar-refractivity contribution in [3.05, 3.63) is 48.0 Å². The Labute approximate surface area is 142 Å². The first-order valence-corrected chi connectivity index (χ1v) is 7.40. The lowest BCUT2D eigenvalue weighted by Gasteiger charge is -2.18. The fraction of sp³-hybridized carbons (Fsp3) is 0.118. The number of ether oxygens (including phenoxy) is 2. The van der Waals surface area contributed by atoms with Crippen LogP contribution in [0.15, 0.2) is 42.5 Å². The Morgan fingerprint density at radius 2 is 1.96 bits per heavy atom. The molecule has 1 aliphatic rings. The van der Waals surface area contributed by atoms with E-state index < -0.39 is 5.91 Å². The summed E-state index contributed by atoms with van der Waals surface area (Å²) in [5.41, 5.74) is 6.59. The Kier molecular flexibility index (Phi) is 4.51. The van der Waals surface area contributed by atoms with Crippen LogP contribution in [0.4, 0.5) is 11.4 Å². The number of carbonyl (C=O) groups is 3. The molecular formula is C17H15N3O5. The van der Waals surface area contributed by atoms with Crippen LogP contribution in [0.25, 0.3) is 0 Å². The molecule has 25 heavy (non-hydrogen) atoms. The quantitative estimate of drug-likeness (QED) is 0.753. The van der Waals surface area contributed by atoms with Gasteiger partial charge >= 0.3 is 0 Å². The molecule has 2 aromatic carbocycles. The lowest BCUT2D eigenvalue weighted by atomic mass is 10.2. The number of primary amides is 1. The van der Waals surface area contributed by atoms with E-state index in [1.54, 1.807) is 30.3 Å². The molecule has 0 bridgehead atoms. The summed E-state index contributed by atoms with van der Waals surface area (Å²) < 4.78 is 10.7. The minimum absolute atomic E-state index is 0.0573. The SMILES string of the molecule is NC(=O)c1ccc(NC(=O)COc2ccc3c(c2)OCC(=O)N3)cc1. The van der Waals surface area contributed by atoms with E-state index in [9.17, 15) is 14.4 Å². The molecule has 0 saturated carbocycles. The first kappa shape index (κ1) is 16.3. The summed E-state index contributed by atoms with van der Waals surface area (Å²) in [6.45, 7) is -0.263. The van der Waals surface area contributed by atoms with Crippen molar-refractivity contribution in [2.45, 2.75) is 0 Å². The number of benzene rings is 2. The van der Waals surface area contributed by atoms with E-state index in [1.165, 1.54) is 12.1 Å². The third-order valence-electron chi connectivity index (χ3n) is 3.41. The average Bonchev–Trinajstić information content (AvgIpc) is 2.60. The molecule has 1 heterocycles. The lowest BCUT2D eigenvalue weighted by molar-refractivity contribution is -0.119. The molecule has 3 amide bonds. The van der Waals surface area contributed by atoms with Gasteiger partial charge in [0.1, 0.15) is 11.5 Å². The first-order chi connectivity index (χ1) is 12.0. The highest BCUT2D eigenvalue weighted by molar-refractivity contribution is 5.96. The maximum absolute atomic E-state index is 11.9. The van der Waals surface area contributed by atoms with Gasteiger partial charge in [-0.05, 0) is 36.4 Å². The summed E-state index contributed by atoms with van der Waals surface area (Å²) >= 11 is 0. The van der Waals surface area contributed by atoms with Crippen LogP contribution in [0, 0.1) is 0 Å². The molecule has 0 spiro atoms. The first-order valence-electron chi connectivity index (χ1n) is 7.40. The van der Waals surface area contributed by atoms with Crippen molar-refractivity contribution in [3.8, 4) is 11.5 Å². The number of hydrogen-bond donors (Lipinski definition) is 3. The molecule has 0 aromatic heterocycles. The van der Waals surface area contributed by atoms with Gasteiger partial charge in [0.05, 0.1) is 5.69 Å². The van der Waals surface area contributed by atoms with Crippen LogP contribution < -0.4 is 25.8 Å². The zero-order chi connectivity index (χ0) is 17.8. The van der Waals surface area contributed by atoms with Gasteiger partial charge in [-0.1, -0.05) is 0 Å². The predicted octanol–water partition coefficient (Wildman–Crippen LogP) is 1.13. The summed E-state index contributed by atoms with van der Waals surface area (Å²) in [4.78, 5) is 34.1. The Balaban J connectivity index is 1.55. The smallest absolute Gasteiger partial charge is 0.262 e. The molecule has 0 fully saturated rings. The van der Waals surface area contributed by atoms with Gasteiger partial charge < -0.3 is 25.8 Å². The van der Waals surface area contributed by atoms with E-state index in [1.807, 2.05) is 0 Å². The molecule has 1 aliphatic heterocycles. The highest BCUT2D eigenvalue weighted by Crippen LogP contribution is 2.31. The summed E-state index contributed by atoms with van der Waals surface area (Å²) in [5.74, 6) is -0.192. The third kappa shape index (κ3) is 4.05. The second-order valence-electron chi connectivity index (χ2n) is 5.27. The molecule has 8 nitrogen and oxygen atoms in total. The number of anilines is 2. The van der Waals surface area contributed by atoms with E-state index in [-0.39, 0.29) is 25.0 Å². The molecule has 0 atom stereocenters. The predicted molar refractivity (Wildman–Crippen MR) is 89.7 cm³/mol. The third-order valence-corrected chi connectivity index (χ3v) is 3.41. The molecule has 2 aromatic rings. The fourth-order valence-electron chi connectivity index (χ4n) is 2.21. The minimum atomic E-state index is -0.535. The fourth-order valence-corrected chi connectivity index (χ4v) is 2.21. The van der Waals surface area contributed by atoms with Crippen molar-refractivity contribution < 1.29 is 23.9 Å². The Morgan fingerprint density at radius 3 is 2.68 bits per heavy atom. The van der Waals surface area contributed by atoms with Crippen LogP contribution in [0.3, 0.4) is 0 Å². The van der Waals surface area contributed by atoms with Gasteiger partial charge in [-0.2, -0.15) is 0 Å². The zero-order valence-electron chi connectivity index (χ0n) is 13.1. The Bertz CT molecular complexity index is 833. The van der Waals surface area contributed by atoms with Crippen LogP contribution in [0.1, 0.15) is 10.4 Å². The molecule has 0 aliphatic carbocycles. The highest BCUT2D eigenvalue weighted by Gasteiger charge is 2.16. The van der Waals surface area contributed by atoms with Gasteiger partial charge in [-0.15, -0.1) is 0 Å². The summed E-state index contributed by atoms with van der Waals surface area (Å²) in [6.07, 6.45) is 0. The van der Waals surface area contributed by atoms with E-state index in [2.05, 4.69) is 10.6 Å². The van der Waals surface area contributed by atoms with Gasteiger partial charge in [0.15, 0.2) is 13.2 Å². The number of nitrogens with one attached hydrogen (secondary N) is 2. The normalized spacial score (nSPS) is 12.4. The standard InChI is InChI=1S/C17H15N3O5/c18-17(23)10-1-3-11(4-2-10)19-15(21)8-24-12-5-6-13-14(7-12)25-9-16(22)20-13/h1-7H,8-9H2,(H2,18,23)(H,19,21)(H,20,22). The lowest BCUT2D eigenvalue weighted by Crippen LogP contribution is -2.25. The van der Waals surface area contributed by atoms with Crippen molar-refractivity contribution in [2.75, 3.05) is 23.8 Å². The van der Waals surface area contributed by atoms with E-state index in [0.717, 1.165) is 0 Å². The van der Waals surface area contributed by atoms with Crippen molar-refractivity contribution in [3.63, 3.8) is 0 Å². The number of nitrogens with two attached hydrogens (primary N) is 1. The van der Waals surface area contributed by atoms with Crippen molar-refractivity contribution >= 4 is 29.1 Å². The number of rotatable bonds is 5. The summed E-state index contributed by atoms with van der Waals surface area (Å²) in [7, 11) is 0. The van der Waals surface area contributed by atoms with Gasteiger partial charge in [0.2, 0.25) is 5.91 Å². The minimum Gasteiger partial charge on any atom is -0.484 e. The van der Waals surface area contributed by atoms with Crippen LogP contribution in [-0.2, 0) is 9.59 Å². The molecule has 0 saturated heterocycles.